The highest BCUT2D eigenvalue weighted by atomic mass is 16.5. The molecular formula is C41H46N4O. The van der Waals surface area contributed by atoms with Crippen LogP contribution in [0.3, 0.4) is 0 Å². The summed E-state index contributed by atoms with van der Waals surface area (Å²) in [6, 6.07) is 32.9. The lowest BCUT2D eigenvalue weighted by Gasteiger charge is -2.33. The Balaban J connectivity index is 1.40. The minimum absolute atomic E-state index is 0.374. The van der Waals surface area contributed by atoms with Crippen molar-refractivity contribution in [2.24, 2.45) is 11.8 Å². The first-order valence-electron chi connectivity index (χ1n) is 16.6. The van der Waals surface area contributed by atoms with Crippen LogP contribution in [-0.4, -0.2) is 26.6 Å². The van der Waals surface area contributed by atoms with Gasteiger partial charge in [-0.15, -0.1) is 0 Å². The average molecular weight is 611 g/mol. The molecule has 0 spiro atoms. The van der Waals surface area contributed by atoms with Crippen LogP contribution in [0.5, 0.6) is 11.6 Å². The monoisotopic (exact) mass is 610 g/mol. The average Bonchev–Trinajstić information content (AvgIpc) is 3.34. The zero-order valence-electron chi connectivity index (χ0n) is 28.4. The van der Waals surface area contributed by atoms with Gasteiger partial charge in [0.1, 0.15) is 11.6 Å². The van der Waals surface area contributed by atoms with Gasteiger partial charge in [0.25, 0.3) is 0 Å². The van der Waals surface area contributed by atoms with Crippen molar-refractivity contribution in [2.75, 3.05) is 4.90 Å². The summed E-state index contributed by atoms with van der Waals surface area (Å²) in [6.07, 6.45) is 3.80. The molecule has 3 aromatic heterocycles. The fourth-order valence-corrected chi connectivity index (χ4v) is 7.37. The maximum Gasteiger partial charge on any atom is 0.219 e. The van der Waals surface area contributed by atoms with E-state index < -0.39 is 0 Å². The Hall–Kier alpha value is -4.64. The third-order valence-corrected chi connectivity index (χ3v) is 9.01. The molecule has 0 fully saturated rings. The van der Waals surface area contributed by atoms with Gasteiger partial charge in [-0.2, -0.15) is 0 Å². The van der Waals surface area contributed by atoms with Gasteiger partial charge in [0.2, 0.25) is 5.88 Å². The Kier molecular flexibility index (Phi) is 8.86. The Morgan fingerprint density at radius 3 is 2.04 bits per heavy atom. The lowest BCUT2D eigenvalue weighted by atomic mass is 9.80. The maximum absolute atomic E-state index is 6.36. The predicted molar refractivity (Wildman–Crippen MR) is 193 cm³/mol. The molecule has 6 aromatic rings. The van der Waals surface area contributed by atoms with Crippen LogP contribution in [0.4, 0.5) is 5.69 Å². The van der Waals surface area contributed by atoms with E-state index in [0.717, 1.165) is 33.7 Å². The van der Waals surface area contributed by atoms with Gasteiger partial charge in [-0.05, 0) is 98.5 Å². The van der Waals surface area contributed by atoms with Crippen LogP contribution in [0, 0.1) is 11.8 Å². The van der Waals surface area contributed by atoms with Gasteiger partial charge >= 0.3 is 0 Å². The Morgan fingerprint density at radius 2 is 1.30 bits per heavy atom. The van der Waals surface area contributed by atoms with E-state index in [2.05, 4.69) is 155 Å². The summed E-state index contributed by atoms with van der Waals surface area (Å²) in [7, 11) is 0. The van der Waals surface area contributed by atoms with Crippen molar-refractivity contribution in [1.82, 2.24) is 14.5 Å². The molecule has 0 aliphatic carbocycles. The third-order valence-electron chi connectivity index (χ3n) is 9.01. The predicted octanol–water partition coefficient (Wildman–Crippen LogP) is 11.1. The molecule has 0 amide bonds. The third kappa shape index (κ3) is 6.11. The van der Waals surface area contributed by atoms with Crippen molar-refractivity contribution in [3.05, 3.63) is 109 Å². The molecule has 6 rings (SSSR count). The van der Waals surface area contributed by atoms with E-state index in [0.29, 0.717) is 35.7 Å². The second-order valence-corrected chi connectivity index (χ2v) is 13.6. The molecule has 0 bridgehead atoms. The number of benzene rings is 3. The van der Waals surface area contributed by atoms with Crippen molar-refractivity contribution in [3.63, 3.8) is 0 Å². The van der Waals surface area contributed by atoms with Gasteiger partial charge in [-0.3, -0.25) is 4.57 Å². The summed E-state index contributed by atoms with van der Waals surface area (Å²) >= 11 is 0. The summed E-state index contributed by atoms with van der Waals surface area (Å²) in [4.78, 5) is 11.9. The molecule has 0 aliphatic rings. The second kappa shape index (κ2) is 13.0. The standard InChI is InChI=1S/C41H46N4O/c1-26(2)41(27(3)4)32-18-20-43-40(24-32)46-34-13-11-12-30(22-34)31-16-17-36-35-14-9-10-15-37(35)45(38(36)23-31)39-25-33(19-21-42-39)44(28(5)6)29(7)8/h9-29,41H,1-8H3. The fourth-order valence-electron chi connectivity index (χ4n) is 7.37. The number of rotatable bonds is 10. The number of hydrogen-bond acceptors (Lipinski definition) is 4. The highest BCUT2D eigenvalue weighted by molar-refractivity contribution is 6.10. The van der Waals surface area contributed by atoms with Crippen LogP contribution in [0.1, 0.15) is 66.9 Å². The molecule has 3 aromatic carbocycles. The lowest BCUT2D eigenvalue weighted by molar-refractivity contribution is 0.384. The number of ether oxygens (including phenoxy) is 1. The topological polar surface area (TPSA) is 43.2 Å². The second-order valence-electron chi connectivity index (χ2n) is 13.6. The van der Waals surface area contributed by atoms with E-state index in [1.54, 1.807) is 0 Å². The smallest absolute Gasteiger partial charge is 0.219 e. The van der Waals surface area contributed by atoms with Gasteiger partial charge in [0.05, 0.1) is 11.0 Å². The van der Waals surface area contributed by atoms with Crippen molar-refractivity contribution < 1.29 is 4.74 Å². The van der Waals surface area contributed by atoms with Crippen molar-refractivity contribution in [3.8, 4) is 28.6 Å². The molecule has 0 saturated carbocycles. The lowest BCUT2D eigenvalue weighted by Crippen LogP contribution is -2.37. The number of nitrogens with zero attached hydrogens (tertiary/aromatic N) is 4. The Bertz CT molecular complexity index is 1950. The fraction of sp³-hybridized carbons (Fsp3) is 0.317. The van der Waals surface area contributed by atoms with Gasteiger partial charge in [0.15, 0.2) is 0 Å². The largest absolute Gasteiger partial charge is 0.439 e. The van der Waals surface area contributed by atoms with Crippen LogP contribution in [-0.2, 0) is 0 Å². The summed E-state index contributed by atoms with van der Waals surface area (Å²) in [6.45, 7) is 18.1. The summed E-state index contributed by atoms with van der Waals surface area (Å²) < 4.78 is 8.66. The molecule has 5 nitrogen and oxygen atoms in total. The Labute approximate surface area is 273 Å². The molecule has 0 unspecified atom stereocenters. The molecule has 0 atom stereocenters. The SMILES string of the molecule is CC(C)C(c1ccnc(Oc2cccc(-c3ccc4c5ccccc5n(-c5cc(N(C(C)C)C(C)C)ccn5)c4c3)c2)c1)C(C)C. The minimum atomic E-state index is 0.374. The first-order chi connectivity index (χ1) is 22.1. The van der Waals surface area contributed by atoms with Crippen molar-refractivity contribution in [2.45, 2.75) is 73.4 Å². The normalized spacial score (nSPS) is 12.0. The van der Waals surface area contributed by atoms with Crippen molar-refractivity contribution in [1.29, 1.82) is 0 Å². The molecule has 0 saturated heterocycles. The Morgan fingerprint density at radius 1 is 0.609 bits per heavy atom. The van der Waals surface area contributed by atoms with E-state index in [9.17, 15) is 0 Å². The van der Waals surface area contributed by atoms with E-state index in [1.807, 2.05) is 18.5 Å². The number of anilines is 1. The van der Waals surface area contributed by atoms with Crippen LogP contribution in [0.25, 0.3) is 38.8 Å². The summed E-state index contributed by atoms with van der Waals surface area (Å²) in [5.41, 5.74) is 6.91. The highest BCUT2D eigenvalue weighted by Crippen LogP contribution is 2.37. The molecule has 0 radical (unpaired) electrons. The molecule has 5 heteroatoms. The van der Waals surface area contributed by atoms with Crippen LogP contribution < -0.4 is 9.64 Å². The molecule has 0 N–H and O–H groups in total. The zero-order chi connectivity index (χ0) is 32.5. The zero-order valence-corrected chi connectivity index (χ0v) is 28.4. The quantitative estimate of drug-likeness (QED) is 0.155. The summed E-state index contributed by atoms with van der Waals surface area (Å²) in [5, 5.41) is 2.42. The number of hydrogen-bond donors (Lipinski definition) is 0. The molecule has 236 valence electrons. The van der Waals surface area contributed by atoms with Crippen LogP contribution in [0.2, 0.25) is 0 Å². The number of fused-ring (bicyclic) bond motifs is 3. The van der Waals surface area contributed by atoms with Gasteiger partial charge in [-0.1, -0.05) is 70.2 Å². The van der Waals surface area contributed by atoms with Crippen LogP contribution in [0.15, 0.2) is 103 Å². The minimum Gasteiger partial charge on any atom is -0.439 e. The molecule has 46 heavy (non-hydrogen) atoms. The summed E-state index contributed by atoms with van der Waals surface area (Å²) in [5.74, 6) is 3.82. The first-order valence-corrected chi connectivity index (χ1v) is 16.6. The number of pyridine rings is 2. The van der Waals surface area contributed by atoms with E-state index in [-0.39, 0.29) is 0 Å². The molecular weight excluding hydrogens is 564 g/mol. The van der Waals surface area contributed by atoms with Crippen molar-refractivity contribution >= 4 is 27.5 Å². The molecule has 0 aliphatic heterocycles. The van der Waals surface area contributed by atoms with E-state index >= 15 is 0 Å². The van der Waals surface area contributed by atoms with Gasteiger partial charge in [-0.25, -0.2) is 9.97 Å². The van der Waals surface area contributed by atoms with Gasteiger partial charge in [0, 0.05) is 53.1 Å². The van der Waals surface area contributed by atoms with E-state index in [1.165, 1.54) is 22.0 Å². The van der Waals surface area contributed by atoms with E-state index in [4.69, 9.17) is 9.72 Å². The van der Waals surface area contributed by atoms with Gasteiger partial charge < -0.3 is 9.64 Å². The molecule has 3 heterocycles. The first kappa shape index (κ1) is 31.3. The maximum atomic E-state index is 6.36. The van der Waals surface area contributed by atoms with Crippen LogP contribution >= 0.6 is 0 Å². The number of para-hydroxylation sites is 1. The highest BCUT2D eigenvalue weighted by Gasteiger charge is 2.21. The number of aromatic nitrogens is 3.